The lowest BCUT2D eigenvalue weighted by Crippen LogP contribution is -1.94. The Labute approximate surface area is 59.5 Å². The maximum atomic E-state index is 10.5. The zero-order chi connectivity index (χ0) is 7.44. The van der Waals surface area contributed by atoms with Gasteiger partial charge in [0.05, 0.1) is 7.11 Å². The second kappa shape index (κ2) is 3.51. The third-order valence-electron chi connectivity index (χ3n) is 0.924. The van der Waals surface area contributed by atoms with Gasteiger partial charge in [0.15, 0.2) is 5.78 Å². The largest absolute Gasteiger partial charge is 0.500 e. The number of Topliss-reactive ketones (excluding diaryl/α,β-unsaturated/α-hetero) is 1. The number of allylic oxidation sites excluding steroid dienone is 2. The molecule has 0 bridgehead atoms. The van der Waals surface area contributed by atoms with Crippen LogP contribution in [-0.4, -0.2) is 12.9 Å². The highest BCUT2D eigenvalue weighted by Crippen LogP contribution is 2.09. The SMILES string of the molecule is CO/C(C)=C(/Cl)C(C)=O. The van der Waals surface area contributed by atoms with Gasteiger partial charge in [0.25, 0.3) is 0 Å². The molecular weight excluding hydrogens is 140 g/mol. The highest BCUT2D eigenvalue weighted by Gasteiger charge is 2.03. The molecule has 0 aromatic heterocycles. The Morgan fingerprint density at radius 3 is 2.00 bits per heavy atom. The van der Waals surface area contributed by atoms with Crippen molar-refractivity contribution in [2.24, 2.45) is 0 Å². The Morgan fingerprint density at radius 2 is 1.89 bits per heavy atom. The highest BCUT2D eigenvalue weighted by molar-refractivity contribution is 6.42. The summed E-state index contributed by atoms with van der Waals surface area (Å²) in [6.45, 7) is 3.04. The molecule has 0 fully saturated rings. The first-order valence-electron chi connectivity index (χ1n) is 2.51. The van der Waals surface area contributed by atoms with Crippen molar-refractivity contribution >= 4 is 17.4 Å². The van der Waals surface area contributed by atoms with Crippen LogP contribution in [0, 0.1) is 0 Å². The number of carbonyl (C=O) groups excluding carboxylic acids is 1. The second-order valence-corrected chi connectivity index (χ2v) is 2.01. The maximum Gasteiger partial charge on any atom is 0.174 e. The van der Waals surface area contributed by atoms with Crippen molar-refractivity contribution in [1.29, 1.82) is 0 Å². The van der Waals surface area contributed by atoms with Crippen molar-refractivity contribution in [1.82, 2.24) is 0 Å². The molecular formula is C6H9ClO2. The van der Waals surface area contributed by atoms with Gasteiger partial charge in [0.1, 0.15) is 10.8 Å². The predicted molar refractivity (Wildman–Crippen MR) is 36.2 cm³/mol. The summed E-state index contributed by atoms with van der Waals surface area (Å²) in [5, 5.41) is 0.164. The molecule has 0 atom stereocenters. The van der Waals surface area contributed by atoms with Gasteiger partial charge in [-0.2, -0.15) is 0 Å². The number of ether oxygens (including phenoxy) is 1. The summed E-state index contributed by atoms with van der Waals surface area (Å²) < 4.78 is 4.70. The van der Waals surface area contributed by atoms with Gasteiger partial charge in [-0.1, -0.05) is 11.6 Å². The van der Waals surface area contributed by atoms with E-state index in [1.54, 1.807) is 6.92 Å². The van der Waals surface area contributed by atoms with Crippen LogP contribution in [0.4, 0.5) is 0 Å². The standard InChI is InChI=1S/C6H9ClO2/c1-4(8)6(7)5(2)9-3/h1-3H3/b6-5+. The number of carbonyl (C=O) groups is 1. The van der Waals surface area contributed by atoms with Crippen molar-refractivity contribution in [3.63, 3.8) is 0 Å². The van der Waals surface area contributed by atoms with Crippen LogP contribution in [0.25, 0.3) is 0 Å². The van der Waals surface area contributed by atoms with E-state index in [4.69, 9.17) is 16.3 Å². The average molecular weight is 149 g/mol. The Hall–Kier alpha value is -0.500. The number of ketones is 1. The van der Waals surface area contributed by atoms with E-state index < -0.39 is 0 Å². The number of hydrogen-bond donors (Lipinski definition) is 0. The van der Waals surface area contributed by atoms with Crippen LogP contribution in [0.2, 0.25) is 0 Å². The third-order valence-corrected chi connectivity index (χ3v) is 1.46. The summed E-state index contributed by atoms with van der Waals surface area (Å²) in [4.78, 5) is 10.5. The van der Waals surface area contributed by atoms with Gasteiger partial charge >= 0.3 is 0 Å². The van der Waals surface area contributed by atoms with Crippen LogP contribution < -0.4 is 0 Å². The van der Waals surface area contributed by atoms with E-state index in [9.17, 15) is 4.79 Å². The summed E-state index contributed by atoms with van der Waals surface area (Å²) in [7, 11) is 1.47. The van der Waals surface area contributed by atoms with E-state index in [1.165, 1.54) is 14.0 Å². The maximum absolute atomic E-state index is 10.5. The average Bonchev–Trinajstić information content (AvgIpc) is 1.84. The van der Waals surface area contributed by atoms with Crippen LogP contribution >= 0.6 is 11.6 Å². The fourth-order valence-corrected chi connectivity index (χ4v) is 0.415. The topological polar surface area (TPSA) is 26.3 Å². The number of methoxy groups -OCH3 is 1. The van der Waals surface area contributed by atoms with E-state index in [-0.39, 0.29) is 10.8 Å². The molecule has 52 valence electrons. The van der Waals surface area contributed by atoms with Gasteiger partial charge in [-0.3, -0.25) is 4.79 Å². The summed E-state index contributed by atoms with van der Waals surface area (Å²) in [6, 6.07) is 0. The van der Waals surface area contributed by atoms with Crippen molar-refractivity contribution in [2.45, 2.75) is 13.8 Å². The van der Waals surface area contributed by atoms with Crippen LogP contribution in [0.15, 0.2) is 10.8 Å². The fourth-order valence-electron chi connectivity index (χ4n) is 0.338. The molecule has 0 amide bonds. The molecule has 0 N–H and O–H groups in total. The van der Waals surface area contributed by atoms with Crippen LogP contribution in [-0.2, 0) is 9.53 Å². The minimum absolute atomic E-state index is 0.164. The fraction of sp³-hybridized carbons (Fsp3) is 0.500. The third kappa shape index (κ3) is 2.51. The van der Waals surface area contributed by atoms with Gasteiger partial charge in [-0.05, 0) is 6.92 Å². The van der Waals surface area contributed by atoms with Crippen molar-refractivity contribution in [3.8, 4) is 0 Å². The highest BCUT2D eigenvalue weighted by atomic mass is 35.5. The zero-order valence-electron chi connectivity index (χ0n) is 5.69. The molecule has 0 rings (SSSR count). The first-order valence-corrected chi connectivity index (χ1v) is 2.88. The van der Waals surface area contributed by atoms with Crippen molar-refractivity contribution < 1.29 is 9.53 Å². The normalized spacial score (nSPS) is 12.4. The van der Waals surface area contributed by atoms with Crippen LogP contribution in [0.5, 0.6) is 0 Å². The molecule has 0 aliphatic heterocycles. The number of halogens is 1. The first kappa shape index (κ1) is 8.50. The Morgan fingerprint density at radius 1 is 1.44 bits per heavy atom. The van der Waals surface area contributed by atoms with E-state index in [0.717, 1.165) is 0 Å². The van der Waals surface area contributed by atoms with Gasteiger partial charge < -0.3 is 4.74 Å². The quantitative estimate of drug-likeness (QED) is 0.440. The lowest BCUT2D eigenvalue weighted by molar-refractivity contribution is -0.113. The molecule has 0 aromatic rings. The van der Waals surface area contributed by atoms with Crippen molar-refractivity contribution in [2.75, 3.05) is 7.11 Å². The Bertz CT molecular complexity index is 149. The van der Waals surface area contributed by atoms with Crippen LogP contribution in [0.3, 0.4) is 0 Å². The van der Waals surface area contributed by atoms with Gasteiger partial charge in [-0.15, -0.1) is 0 Å². The Kier molecular flexibility index (Phi) is 3.32. The lowest BCUT2D eigenvalue weighted by atomic mass is 10.4. The summed E-state index contributed by atoms with van der Waals surface area (Å²) >= 11 is 5.47. The number of hydrogen-bond acceptors (Lipinski definition) is 2. The predicted octanol–water partition coefficient (Wildman–Crippen LogP) is 1.69. The zero-order valence-corrected chi connectivity index (χ0v) is 6.45. The van der Waals surface area contributed by atoms with E-state index >= 15 is 0 Å². The molecule has 0 spiro atoms. The minimum atomic E-state index is -0.170. The smallest absolute Gasteiger partial charge is 0.174 e. The molecule has 0 unspecified atom stereocenters. The molecule has 0 radical (unpaired) electrons. The summed E-state index contributed by atoms with van der Waals surface area (Å²) in [6.07, 6.45) is 0. The van der Waals surface area contributed by atoms with Gasteiger partial charge in [-0.25, -0.2) is 0 Å². The lowest BCUT2D eigenvalue weighted by Gasteiger charge is -1.98. The minimum Gasteiger partial charge on any atom is -0.500 e. The molecule has 0 aliphatic rings. The van der Waals surface area contributed by atoms with Gasteiger partial charge in [0, 0.05) is 6.92 Å². The summed E-state index contributed by atoms with van der Waals surface area (Å²) in [5.41, 5.74) is 0. The molecule has 9 heavy (non-hydrogen) atoms. The summed E-state index contributed by atoms with van der Waals surface area (Å²) in [5.74, 6) is 0.292. The molecule has 2 nitrogen and oxygen atoms in total. The molecule has 0 heterocycles. The van der Waals surface area contributed by atoms with Gasteiger partial charge in [0.2, 0.25) is 0 Å². The monoisotopic (exact) mass is 148 g/mol. The molecule has 0 saturated heterocycles. The molecule has 0 saturated carbocycles. The molecule has 3 heteroatoms. The van der Waals surface area contributed by atoms with Crippen molar-refractivity contribution in [3.05, 3.63) is 10.8 Å². The second-order valence-electron chi connectivity index (χ2n) is 1.63. The Balaban J connectivity index is 4.28. The van der Waals surface area contributed by atoms with E-state index in [2.05, 4.69) is 0 Å². The van der Waals surface area contributed by atoms with E-state index in [1.807, 2.05) is 0 Å². The first-order chi connectivity index (χ1) is 4.09. The number of rotatable bonds is 2. The van der Waals surface area contributed by atoms with E-state index in [0.29, 0.717) is 5.76 Å². The molecule has 0 aliphatic carbocycles. The molecule has 0 aromatic carbocycles. The van der Waals surface area contributed by atoms with Crippen LogP contribution in [0.1, 0.15) is 13.8 Å².